The standard InChI is InChI=1S/C23H32N2O5S/c1-6-22(23(26)24-16-18-8-12-21(13-9-18)30-17(3)4)25(31(5,27)28)19-10-14-20(15-11-19)29-7-2/h8-15,17,22H,6-7,16H2,1-5H3,(H,24,26)/t22-/m0/s1. The van der Waals surface area contributed by atoms with Gasteiger partial charge in [-0.25, -0.2) is 8.42 Å². The molecule has 0 spiro atoms. The third kappa shape index (κ3) is 7.17. The van der Waals surface area contributed by atoms with Crippen molar-refractivity contribution in [3.05, 3.63) is 54.1 Å². The molecule has 0 unspecified atom stereocenters. The second-order valence-corrected chi connectivity index (χ2v) is 9.30. The normalized spacial score (nSPS) is 12.3. The van der Waals surface area contributed by atoms with E-state index in [1.165, 1.54) is 0 Å². The molecular formula is C23H32N2O5S. The number of nitrogens with one attached hydrogen (secondary N) is 1. The van der Waals surface area contributed by atoms with E-state index in [1.807, 2.05) is 45.0 Å². The van der Waals surface area contributed by atoms with E-state index in [-0.39, 0.29) is 18.6 Å². The van der Waals surface area contributed by atoms with Crippen molar-refractivity contribution >= 4 is 21.6 Å². The molecule has 1 N–H and O–H groups in total. The van der Waals surface area contributed by atoms with Crippen LogP contribution in [-0.4, -0.2) is 39.3 Å². The van der Waals surface area contributed by atoms with Crippen LogP contribution in [0.4, 0.5) is 5.69 Å². The lowest BCUT2D eigenvalue weighted by molar-refractivity contribution is -0.122. The smallest absolute Gasteiger partial charge is 0.244 e. The Kier molecular flexibility index (Phi) is 8.74. The maximum Gasteiger partial charge on any atom is 0.244 e. The molecule has 0 radical (unpaired) electrons. The monoisotopic (exact) mass is 448 g/mol. The predicted octanol–water partition coefficient (Wildman–Crippen LogP) is 3.73. The zero-order valence-corrected chi connectivity index (χ0v) is 19.6. The summed E-state index contributed by atoms with van der Waals surface area (Å²) >= 11 is 0. The minimum absolute atomic E-state index is 0.0837. The van der Waals surface area contributed by atoms with E-state index < -0.39 is 16.1 Å². The molecule has 170 valence electrons. The summed E-state index contributed by atoms with van der Waals surface area (Å²) in [5.74, 6) is 1.04. The summed E-state index contributed by atoms with van der Waals surface area (Å²) in [6, 6.07) is 13.3. The molecule has 2 rings (SSSR count). The van der Waals surface area contributed by atoms with E-state index in [2.05, 4.69) is 5.32 Å². The lowest BCUT2D eigenvalue weighted by Crippen LogP contribution is -2.49. The SMILES string of the molecule is CCOc1ccc(N([C@@H](CC)C(=O)NCc2ccc(OC(C)C)cc2)S(C)(=O)=O)cc1. The molecule has 0 aliphatic heterocycles. The van der Waals surface area contributed by atoms with Crippen LogP contribution in [0, 0.1) is 0 Å². The Labute approximate surface area is 185 Å². The minimum atomic E-state index is -3.68. The zero-order chi connectivity index (χ0) is 23.0. The quantitative estimate of drug-likeness (QED) is 0.566. The largest absolute Gasteiger partial charge is 0.494 e. The number of ether oxygens (including phenoxy) is 2. The molecule has 0 saturated heterocycles. The molecule has 2 aromatic carbocycles. The third-order valence-electron chi connectivity index (χ3n) is 4.49. The molecule has 0 aromatic heterocycles. The summed E-state index contributed by atoms with van der Waals surface area (Å²) in [6.07, 6.45) is 1.51. The topological polar surface area (TPSA) is 84.9 Å². The van der Waals surface area contributed by atoms with Crippen LogP contribution in [0.2, 0.25) is 0 Å². The van der Waals surface area contributed by atoms with Gasteiger partial charge in [-0.15, -0.1) is 0 Å². The lowest BCUT2D eigenvalue weighted by Gasteiger charge is -2.30. The van der Waals surface area contributed by atoms with E-state index in [9.17, 15) is 13.2 Å². The molecular weight excluding hydrogens is 416 g/mol. The van der Waals surface area contributed by atoms with Gasteiger partial charge in [0.1, 0.15) is 17.5 Å². The Morgan fingerprint density at radius 3 is 2.06 bits per heavy atom. The zero-order valence-electron chi connectivity index (χ0n) is 18.8. The van der Waals surface area contributed by atoms with Crippen LogP contribution in [0.3, 0.4) is 0 Å². The number of amides is 1. The van der Waals surface area contributed by atoms with Crippen LogP contribution >= 0.6 is 0 Å². The van der Waals surface area contributed by atoms with Gasteiger partial charge in [0, 0.05) is 6.54 Å². The number of sulfonamides is 1. The fourth-order valence-electron chi connectivity index (χ4n) is 3.18. The first-order chi connectivity index (χ1) is 14.7. The van der Waals surface area contributed by atoms with Crippen LogP contribution < -0.4 is 19.1 Å². The van der Waals surface area contributed by atoms with Gasteiger partial charge in [0.15, 0.2) is 0 Å². The predicted molar refractivity (Wildman–Crippen MR) is 123 cm³/mol. The van der Waals surface area contributed by atoms with E-state index >= 15 is 0 Å². The maximum atomic E-state index is 12.9. The number of benzene rings is 2. The minimum Gasteiger partial charge on any atom is -0.494 e. The maximum absolute atomic E-state index is 12.9. The van der Waals surface area contributed by atoms with Gasteiger partial charge in [0.2, 0.25) is 15.9 Å². The van der Waals surface area contributed by atoms with Crippen molar-refractivity contribution in [2.45, 2.75) is 52.8 Å². The highest BCUT2D eigenvalue weighted by atomic mass is 32.2. The molecule has 7 nitrogen and oxygen atoms in total. The van der Waals surface area contributed by atoms with Crippen LogP contribution in [-0.2, 0) is 21.4 Å². The van der Waals surface area contributed by atoms with E-state index in [4.69, 9.17) is 9.47 Å². The van der Waals surface area contributed by atoms with Gasteiger partial charge in [0.25, 0.3) is 0 Å². The second-order valence-electron chi connectivity index (χ2n) is 7.44. The average Bonchev–Trinajstić information content (AvgIpc) is 2.71. The Morgan fingerprint density at radius 2 is 1.58 bits per heavy atom. The van der Waals surface area contributed by atoms with Crippen molar-refractivity contribution in [1.29, 1.82) is 0 Å². The summed E-state index contributed by atoms with van der Waals surface area (Å²) in [6.45, 7) is 8.37. The van der Waals surface area contributed by atoms with Gasteiger partial charge in [-0.05, 0) is 69.2 Å². The number of anilines is 1. The third-order valence-corrected chi connectivity index (χ3v) is 5.67. The molecule has 0 aliphatic rings. The first-order valence-corrected chi connectivity index (χ1v) is 12.3. The molecule has 1 amide bonds. The van der Waals surface area contributed by atoms with Crippen molar-refractivity contribution < 1.29 is 22.7 Å². The lowest BCUT2D eigenvalue weighted by atomic mass is 10.1. The summed E-state index contributed by atoms with van der Waals surface area (Å²) in [4.78, 5) is 12.9. The van der Waals surface area contributed by atoms with Gasteiger partial charge >= 0.3 is 0 Å². The molecule has 0 fully saturated rings. The van der Waals surface area contributed by atoms with Gasteiger partial charge in [-0.3, -0.25) is 9.10 Å². The number of rotatable bonds is 11. The van der Waals surface area contributed by atoms with Gasteiger partial charge < -0.3 is 14.8 Å². The first kappa shape index (κ1) is 24.5. The Balaban J connectivity index is 2.14. The molecule has 0 bridgehead atoms. The van der Waals surface area contributed by atoms with Crippen LogP contribution in [0.5, 0.6) is 11.5 Å². The van der Waals surface area contributed by atoms with Crippen molar-refractivity contribution in [3.63, 3.8) is 0 Å². The number of nitrogens with zero attached hydrogens (tertiary/aromatic N) is 1. The summed E-state index contributed by atoms with van der Waals surface area (Å²) in [7, 11) is -3.68. The molecule has 0 saturated carbocycles. The summed E-state index contributed by atoms with van der Waals surface area (Å²) in [5, 5.41) is 2.85. The van der Waals surface area contributed by atoms with Crippen molar-refractivity contribution in [2.24, 2.45) is 0 Å². The van der Waals surface area contributed by atoms with E-state index in [1.54, 1.807) is 31.2 Å². The summed E-state index contributed by atoms with van der Waals surface area (Å²) in [5.41, 5.74) is 1.31. The van der Waals surface area contributed by atoms with Crippen molar-refractivity contribution in [2.75, 3.05) is 17.2 Å². The molecule has 1 atom stereocenters. The number of hydrogen-bond donors (Lipinski definition) is 1. The van der Waals surface area contributed by atoms with Gasteiger partial charge in [0.05, 0.1) is 24.7 Å². The Morgan fingerprint density at radius 1 is 1.00 bits per heavy atom. The van der Waals surface area contributed by atoms with Crippen molar-refractivity contribution in [3.8, 4) is 11.5 Å². The molecule has 2 aromatic rings. The molecule has 8 heteroatoms. The fourth-order valence-corrected chi connectivity index (χ4v) is 4.39. The van der Waals surface area contributed by atoms with Gasteiger partial charge in [-0.1, -0.05) is 19.1 Å². The van der Waals surface area contributed by atoms with E-state index in [0.29, 0.717) is 24.5 Å². The average molecular weight is 449 g/mol. The van der Waals surface area contributed by atoms with Crippen LogP contribution in [0.15, 0.2) is 48.5 Å². The summed E-state index contributed by atoms with van der Waals surface area (Å²) < 4.78 is 37.3. The van der Waals surface area contributed by atoms with E-state index in [0.717, 1.165) is 21.9 Å². The number of carbonyl (C=O) groups is 1. The Bertz CT molecular complexity index is 941. The van der Waals surface area contributed by atoms with Crippen molar-refractivity contribution in [1.82, 2.24) is 5.32 Å². The molecule has 0 heterocycles. The fraction of sp³-hybridized carbons (Fsp3) is 0.435. The highest BCUT2D eigenvalue weighted by Gasteiger charge is 2.31. The Hall–Kier alpha value is -2.74. The van der Waals surface area contributed by atoms with Crippen LogP contribution in [0.25, 0.3) is 0 Å². The number of carbonyl (C=O) groups excluding carboxylic acids is 1. The first-order valence-electron chi connectivity index (χ1n) is 10.4. The van der Waals surface area contributed by atoms with Crippen LogP contribution in [0.1, 0.15) is 39.7 Å². The highest BCUT2D eigenvalue weighted by molar-refractivity contribution is 7.92. The second kappa shape index (κ2) is 11.0. The molecule has 31 heavy (non-hydrogen) atoms. The highest BCUT2D eigenvalue weighted by Crippen LogP contribution is 2.25. The van der Waals surface area contributed by atoms with Gasteiger partial charge in [-0.2, -0.15) is 0 Å². The number of hydrogen-bond acceptors (Lipinski definition) is 5. The molecule has 0 aliphatic carbocycles.